The Bertz CT molecular complexity index is 935. The quantitative estimate of drug-likeness (QED) is 0.743. The van der Waals surface area contributed by atoms with Gasteiger partial charge in [0.15, 0.2) is 0 Å². The molecule has 3 aliphatic heterocycles. The predicted octanol–water partition coefficient (Wildman–Crippen LogP) is 3.79. The van der Waals surface area contributed by atoms with Crippen LogP contribution in [0.1, 0.15) is 70.9 Å². The van der Waals surface area contributed by atoms with Gasteiger partial charge in [-0.05, 0) is 58.9 Å². The molecular formula is C26H35BN2O3. The number of piperidine rings is 2. The van der Waals surface area contributed by atoms with E-state index in [1.54, 1.807) is 6.20 Å². The molecule has 0 radical (unpaired) electrons. The number of hydrogen-bond acceptors (Lipinski definition) is 5. The number of aliphatic hydroxyl groups is 1. The molecule has 1 aromatic heterocycles. The highest BCUT2D eigenvalue weighted by molar-refractivity contribution is 6.62. The molecule has 5 nitrogen and oxygen atoms in total. The zero-order valence-corrected chi connectivity index (χ0v) is 19.8. The summed E-state index contributed by atoms with van der Waals surface area (Å²) in [5.41, 5.74) is 1.45. The minimum Gasteiger partial charge on any atom is -0.399 e. The van der Waals surface area contributed by atoms with Crippen molar-refractivity contribution < 1.29 is 14.4 Å². The summed E-state index contributed by atoms with van der Waals surface area (Å²) in [5.74, 6) is 0. The molecule has 170 valence electrons. The van der Waals surface area contributed by atoms with Gasteiger partial charge in [-0.25, -0.2) is 0 Å². The molecule has 3 saturated heterocycles. The van der Waals surface area contributed by atoms with Crippen LogP contribution >= 0.6 is 0 Å². The average molecular weight is 434 g/mol. The van der Waals surface area contributed by atoms with E-state index in [9.17, 15) is 5.11 Å². The summed E-state index contributed by atoms with van der Waals surface area (Å²) in [6.07, 6.45) is 8.63. The van der Waals surface area contributed by atoms with Crippen molar-refractivity contribution in [2.45, 2.75) is 95.2 Å². The molecule has 3 aliphatic rings. The van der Waals surface area contributed by atoms with E-state index in [4.69, 9.17) is 9.31 Å². The number of pyridine rings is 1. The molecule has 2 atom stereocenters. The van der Waals surface area contributed by atoms with Crippen molar-refractivity contribution in [1.82, 2.24) is 9.88 Å². The maximum Gasteiger partial charge on any atom is 0.496 e. The van der Waals surface area contributed by atoms with Crippen LogP contribution in [0.25, 0.3) is 0 Å². The van der Waals surface area contributed by atoms with Gasteiger partial charge in [0.1, 0.15) is 0 Å². The number of nitrogens with zero attached hydrogens (tertiary/aromatic N) is 2. The van der Waals surface area contributed by atoms with E-state index in [1.165, 1.54) is 12.0 Å². The van der Waals surface area contributed by atoms with Crippen molar-refractivity contribution in [2.75, 3.05) is 0 Å². The molecule has 0 saturated carbocycles. The SMILES string of the molecule is CC1(C)OB(c2cncc(C3(O)CC4CCCC(C3)N4Cc3ccccc3)c2)OC1(C)C. The number of hydrogen-bond donors (Lipinski definition) is 1. The van der Waals surface area contributed by atoms with Crippen molar-refractivity contribution in [3.8, 4) is 0 Å². The number of rotatable bonds is 4. The Morgan fingerprint density at radius 1 is 1.00 bits per heavy atom. The van der Waals surface area contributed by atoms with Gasteiger partial charge in [-0.1, -0.05) is 42.8 Å². The topological polar surface area (TPSA) is 54.8 Å². The van der Waals surface area contributed by atoms with Crippen LogP contribution in [0.3, 0.4) is 0 Å². The highest BCUT2D eigenvalue weighted by Crippen LogP contribution is 2.45. The Labute approximate surface area is 192 Å². The molecule has 1 N–H and O–H groups in total. The Hall–Kier alpha value is -1.73. The summed E-state index contributed by atoms with van der Waals surface area (Å²) < 4.78 is 12.5. The number of benzene rings is 1. The van der Waals surface area contributed by atoms with Crippen LogP contribution < -0.4 is 5.46 Å². The molecular weight excluding hydrogens is 399 g/mol. The lowest BCUT2D eigenvalue weighted by Gasteiger charge is -2.52. The highest BCUT2D eigenvalue weighted by Gasteiger charge is 2.52. The first kappa shape index (κ1) is 22.1. The average Bonchev–Trinajstić information content (AvgIpc) is 2.97. The van der Waals surface area contributed by atoms with Crippen LogP contribution in [0.15, 0.2) is 48.8 Å². The Kier molecular flexibility index (Phi) is 5.48. The summed E-state index contributed by atoms with van der Waals surface area (Å²) in [4.78, 5) is 7.12. The van der Waals surface area contributed by atoms with Crippen LogP contribution in [0, 0.1) is 0 Å². The smallest absolute Gasteiger partial charge is 0.399 e. The molecule has 0 spiro atoms. The zero-order chi connectivity index (χ0) is 22.6. The second-order valence-electron chi connectivity index (χ2n) is 10.9. The molecule has 1 aromatic carbocycles. The fourth-order valence-electron chi connectivity index (χ4n) is 5.63. The molecule has 4 heterocycles. The minimum atomic E-state index is -0.865. The standard InChI is InChI=1S/C26H35BN2O3/c1-24(2)25(3,4)32-27(31-24)21-13-20(16-28-17-21)26(30)14-22-11-8-12-23(15-26)29(22)18-19-9-6-5-7-10-19/h5-7,9-10,13,16-17,22-23,30H,8,11-12,14-15,18H2,1-4H3. The zero-order valence-electron chi connectivity index (χ0n) is 19.8. The lowest BCUT2D eigenvalue weighted by atomic mass is 9.71. The monoisotopic (exact) mass is 434 g/mol. The van der Waals surface area contributed by atoms with Crippen molar-refractivity contribution in [1.29, 1.82) is 0 Å². The van der Waals surface area contributed by atoms with Gasteiger partial charge in [0, 0.05) is 42.0 Å². The normalized spacial score (nSPS) is 31.6. The number of aromatic nitrogens is 1. The first-order valence-electron chi connectivity index (χ1n) is 12.0. The van der Waals surface area contributed by atoms with Crippen LogP contribution in [0.2, 0.25) is 0 Å². The van der Waals surface area contributed by atoms with E-state index in [0.717, 1.165) is 43.3 Å². The largest absolute Gasteiger partial charge is 0.496 e. The van der Waals surface area contributed by atoms with E-state index in [-0.39, 0.29) is 0 Å². The van der Waals surface area contributed by atoms with E-state index < -0.39 is 23.9 Å². The molecule has 3 fully saturated rings. The molecule has 6 heteroatoms. The lowest BCUT2D eigenvalue weighted by molar-refractivity contribution is -0.1000. The van der Waals surface area contributed by atoms with Gasteiger partial charge in [-0.2, -0.15) is 0 Å². The maximum absolute atomic E-state index is 11.9. The third-order valence-electron chi connectivity index (χ3n) is 8.19. The van der Waals surface area contributed by atoms with Gasteiger partial charge in [0.05, 0.1) is 16.8 Å². The van der Waals surface area contributed by atoms with Crippen LogP contribution in [0.5, 0.6) is 0 Å². The van der Waals surface area contributed by atoms with Gasteiger partial charge >= 0.3 is 7.12 Å². The fraction of sp³-hybridized carbons (Fsp3) is 0.577. The molecule has 32 heavy (non-hydrogen) atoms. The van der Waals surface area contributed by atoms with E-state index >= 15 is 0 Å². The summed E-state index contributed by atoms with van der Waals surface area (Å²) >= 11 is 0. The van der Waals surface area contributed by atoms with Gasteiger partial charge < -0.3 is 14.4 Å². The number of fused-ring (bicyclic) bond motifs is 2. The maximum atomic E-state index is 11.9. The molecule has 2 bridgehead atoms. The minimum absolute atomic E-state index is 0.383. The second-order valence-corrected chi connectivity index (χ2v) is 10.9. The third-order valence-corrected chi connectivity index (χ3v) is 8.19. The molecule has 0 amide bonds. The van der Waals surface area contributed by atoms with Gasteiger partial charge in [-0.3, -0.25) is 9.88 Å². The first-order chi connectivity index (χ1) is 15.2. The highest BCUT2D eigenvalue weighted by atomic mass is 16.7. The van der Waals surface area contributed by atoms with Crippen molar-refractivity contribution >= 4 is 12.6 Å². The van der Waals surface area contributed by atoms with Gasteiger partial charge in [-0.15, -0.1) is 0 Å². The van der Waals surface area contributed by atoms with E-state index in [2.05, 4.69) is 74.0 Å². The van der Waals surface area contributed by atoms with Crippen LogP contribution in [-0.4, -0.2) is 45.4 Å². The molecule has 2 unspecified atom stereocenters. The second kappa shape index (κ2) is 7.95. The van der Waals surface area contributed by atoms with Crippen LogP contribution in [0.4, 0.5) is 0 Å². The summed E-state index contributed by atoms with van der Waals surface area (Å²) in [5, 5.41) is 11.9. The van der Waals surface area contributed by atoms with Crippen molar-refractivity contribution in [3.05, 3.63) is 59.9 Å². The first-order valence-corrected chi connectivity index (χ1v) is 12.0. The molecule has 2 aromatic rings. The third kappa shape index (κ3) is 3.92. The fourth-order valence-corrected chi connectivity index (χ4v) is 5.63. The Morgan fingerprint density at radius 3 is 2.25 bits per heavy atom. The van der Waals surface area contributed by atoms with Crippen LogP contribution in [-0.2, 0) is 21.5 Å². The van der Waals surface area contributed by atoms with E-state index in [1.807, 2.05) is 6.20 Å². The molecule has 0 aliphatic carbocycles. The molecule has 5 rings (SSSR count). The summed E-state index contributed by atoms with van der Waals surface area (Å²) in [6, 6.07) is 13.5. The van der Waals surface area contributed by atoms with Gasteiger partial charge in [0.2, 0.25) is 0 Å². The van der Waals surface area contributed by atoms with Crippen molar-refractivity contribution in [3.63, 3.8) is 0 Å². The summed E-state index contributed by atoms with van der Waals surface area (Å²) in [7, 11) is -0.464. The lowest BCUT2D eigenvalue weighted by Crippen LogP contribution is -2.56. The Balaban J connectivity index is 1.37. The predicted molar refractivity (Wildman–Crippen MR) is 126 cm³/mol. The van der Waals surface area contributed by atoms with E-state index in [0.29, 0.717) is 12.1 Å². The van der Waals surface area contributed by atoms with Gasteiger partial charge in [0.25, 0.3) is 0 Å². The van der Waals surface area contributed by atoms with Crippen molar-refractivity contribution in [2.24, 2.45) is 0 Å². The Morgan fingerprint density at radius 2 is 1.62 bits per heavy atom. The summed E-state index contributed by atoms with van der Waals surface area (Å²) in [6.45, 7) is 9.18.